The van der Waals surface area contributed by atoms with Gasteiger partial charge in [0.2, 0.25) is 0 Å². The summed E-state index contributed by atoms with van der Waals surface area (Å²) in [6.45, 7) is 0. The fraction of sp³-hybridized carbons (Fsp3) is 0. The summed E-state index contributed by atoms with van der Waals surface area (Å²) in [6.07, 6.45) is 0. The quantitative estimate of drug-likeness (QED) is 0.368. The molecule has 1 radical (unpaired) electrons. The Bertz CT molecular complexity index is 19.7. The third-order valence-electron chi connectivity index (χ3n) is 0. The molecule has 7 heteroatoms. The van der Waals surface area contributed by atoms with Gasteiger partial charge in [0.1, 0.15) is 0 Å². The molecule has 0 aromatic heterocycles. The van der Waals surface area contributed by atoms with Crippen LogP contribution in [0.5, 0.6) is 0 Å². The maximum Gasteiger partial charge on any atom is 0 e. The van der Waals surface area contributed by atoms with Crippen molar-refractivity contribution in [2.75, 3.05) is 0 Å². The van der Waals surface area contributed by atoms with E-state index in [2.05, 4.69) is 0 Å². The summed E-state index contributed by atoms with van der Waals surface area (Å²) in [5.74, 6) is 0. The van der Waals surface area contributed by atoms with Crippen molar-refractivity contribution in [3.63, 3.8) is 0 Å². The second kappa shape index (κ2) is 16.8. The van der Waals surface area contributed by atoms with Crippen molar-refractivity contribution in [2.24, 2.45) is 0 Å². The molecule has 0 aliphatic carbocycles. The van der Waals surface area contributed by atoms with Gasteiger partial charge < -0.3 is 15.1 Å². The molecule has 7 heavy (non-hydrogen) atoms. The largest absolute Gasteiger partial charge is 0 e. The van der Waals surface area contributed by atoms with Gasteiger partial charge >= 0.3 is 108 Å². The van der Waals surface area contributed by atoms with Gasteiger partial charge in [-0.25, -0.2) is 0 Å². The molecule has 39 valence electrons. The number of hydrogen-bond donors (Lipinski definition) is 3. The molecular weight excluding hydrogens is 394 g/mol. The first-order valence-corrected chi connectivity index (χ1v) is 0.775. The van der Waals surface area contributed by atoms with Crippen LogP contribution in [-0.4, -0.2) is 123 Å². The van der Waals surface area contributed by atoms with E-state index in [0.717, 1.165) is 0 Å². The van der Waals surface area contributed by atoms with E-state index >= 15 is 0 Å². The minimum atomic E-state index is -2.17. The van der Waals surface area contributed by atoms with Gasteiger partial charge in [0.15, 0.2) is 0 Å². The number of hydrogen-bond acceptors (Lipinski definition) is 3. The minimum absolute atomic E-state index is 0. The molecule has 0 aromatic carbocycles. The van der Waals surface area contributed by atoms with E-state index in [1.807, 2.05) is 0 Å². The van der Waals surface area contributed by atoms with Crippen LogP contribution in [-0.2, 0) is 0 Å². The zero-order valence-corrected chi connectivity index (χ0v) is 4.39. The molecule has 0 heterocycles. The second-order valence-electron chi connectivity index (χ2n) is 0.346. The van der Waals surface area contributed by atoms with E-state index in [1.165, 1.54) is 0 Å². The summed E-state index contributed by atoms with van der Waals surface area (Å²) in [6, 6.07) is 0. The molecule has 0 aliphatic rings. The van der Waals surface area contributed by atoms with Gasteiger partial charge in [0.25, 0.3) is 0 Å². The first-order valence-electron chi connectivity index (χ1n) is 0.775. The van der Waals surface area contributed by atoms with Crippen LogP contribution < -0.4 is 0 Å². The summed E-state index contributed by atoms with van der Waals surface area (Å²) >= 11 is 0. The van der Waals surface area contributed by atoms with Gasteiger partial charge in [0, 0.05) is 38.6 Å². The first-order chi connectivity index (χ1) is 1.73. The molecule has 3 N–H and O–H groups in total. The van der Waals surface area contributed by atoms with E-state index in [-0.39, 0.29) is 139 Å². The normalized spacial score (nSPS) is 3.86. The monoisotopic (exact) mass is 401 g/mol. The molecule has 0 aromatic rings. The van der Waals surface area contributed by atoms with Gasteiger partial charge in [-0.05, 0) is 0 Å². The molecule has 0 fully saturated rings. The second-order valence-corrected chi connectivity index (χ2v) is 0.346. The van der Waals surface area contributed by atoms with E-state index in [4.69, 9.17) is 15.1 Å². The van der Waals surface area contributed by atoms with Crippen LogP contribution >= 0.6 is 0 Å². The molecule has 0 aliphatic heterocycles. The van der Waals surface area contributed by atoms with Crippen LogP contribution in [0.2, 0.25) is 0 Å². The Hall–Kier alpha value is 4.44. The molecule has 0 atom stereocenters. The minimum Gasteiger partial charge on any atom is 0 e. The van der Waals surface area contributed by atoms with Crippen molar-refractivity contribution in [3.8, 4) is 0 Å². The van der Waals surface area contributed by atoms with Crippen LogP contribution in [0.25, 0.3) is 0 Å². The topological polar surface area (TPSA) is 60.7 Å². The van der Waals surface area contributed by atoms with Gasteiger partial charge in [-0.1, -0.05) is 0 Å². The van der Waals surface area contributed by atoms with Crippen molar-refractivity contribution in [1.82, 2.24) is 0 Å². The maximum atomic E-state index is 7.17. The average Bonchev–Trinajstić information content (AvgIpc) is 0.811. The Balaban J connectivity index is -0.0000000150. The summed E-state index contributed by atoms with van der Waals surface area (Å²) in [5.41, 5.74) is 0. The molecular formula is H6BBaKO3Tb. The standard InChI is InChI=1S/BH3O3.Ba.K.Tb.3H/c2-1(3)4;;;;;;/h2-4H;;;;;;. The summed E-state index contributed by atoms with van der Waals surface area (Å²) < 4.78 is 0. The molecule has 0 rings (SSSR count). The van der Waals surface area contributed by atoms with E-state index in [9.17, 15) is 0 Å². The van der Waals surface area contributed by atoms with Crippen LogP contribution in [0.1, 0.15) is 0 Å². The van der Waals surface area contributed by atoms with Crippen LogP contribution in [0, 0.1) is 38.6 Å². The fourth-order valence-electron chi connectivity index (χ4n) is 0. The average molecular weight is 400 g/mol. The summed E-state index contributed by atoms with van der Waals surface area (Å²) in [4.78, 5) is 0. The Morgan fingerprint density at radius 2 is 1.00 bits per heavy atom. The van der Waals surface area contributed by atoms with E-state index in [0.29, 0.717) is 0 Å². The summed E-state index contributed by atoms with van der Waals surface area (Å²) in [7, 11) is -2.17. The van der Waals surface area contributed by atoms with Crippen LogP contribution in [0.4, 0.5) is 0 Å². The molecule has 0 saturated heterocycles. The van der Waals surface area contributed by atoms with Gasteiger partial charge in [0.05, 0.1) is 0 Å². The van der Waals surface area contributed by atoms with Gasteiger partial charge in [-0.15, -0.1) is 0 Å². The zero-order valence-electron chi connectivity index (χ0n) is 2.25. The van der Waals surface area contributed by atoms with Gasteiger partial charge in [-0.3, -0.25) is 0 Å². The van der Waals surface area contributed by atoms with Crippen molar-refractivity contribution in [2.45, 2.75) is 0 Å². The molecule has 0 amide bonds. The van der Waals surface area contributed by atoms with Crippen LogP contribution in [0.3, 0.4) is 0 Å². The number of rotatable bonds is 0. The molecule has 3 nitrogen and oxygen atoms in total. The molecule has 0 spiro atoms. The Labute approximate surface area is 156 Å². The van der Waals surface area contributed by atoms with Crippen molar-refractivity contribution in [3.05, 3.63) is 0 Å². The third-order valence-corrected chi connectivity index (χ3v) is 0. The molecule has 0 unspecified atom stereocenters. The predicted octanol–water partition coefficient (Wildman–Crippen LogP) is -3.62. The van der Waals surface area contributed by atoms with Crippen molar-refractivity contribution < 1.29 is 53.7 Å². The molecule has 0 saturated carbocycles. The van der Waals surface area contributed by atoms with E-state index < -0.39 is 7.32 Å². The Kier molecular flexibility index (Phi) is 54.1. The Morgan fingerprint density at radius 1 is 1.00 bits per heavy atom. The predicted molar refractivity (Wildman–Crippen MR) is 28.1 cm³/mol. The van der Waals surface area contributed by atoms with Crippen molar-refractivity contribution in [1.29, 1.82) is 0 Å². The van der Waals surface area contributed by atoms with E-state index in [1.54, 1.807) is 0 Å². The van der Waals surface area contributed by atoms with Crippen molar-refractivity contribution >= 4 is 108 Å². The summed E-state index contributed by atoms with van der Waals surface area (Å²) in [5, 5.41) is 21.5. The SMILES string of the molecule is OB(O)O.[BaH2].[KH].[Tb]. The van der Waals surface area contributed by atoms with Crippen LogP contribution in [0.15, 0.2) is 0 Å². The maximum absolute atomic E-state index is 7.17. The zero-order chi connectivity index (χ0) is 3.58. The smallest absolute Gasteiger partial charge is 0 e. The van der Waals surface area contributed by atoms with Gasteiger partial charge in [-0.2, -0.15) is 0 Å². The first kappa shape index (κ1) is 22.5. The molecule has 0 bridgehead atoms. The third kappa shape index (κ3) is 37.7. The Morgan fingerprint density at radius 3 is 1.00 bits per heavy atom. The fourth-order valence-corrected chi connectivity index (χ4v) is 0.